The largest absolute Gasteiger partial charge is 0 e. The topological polar surface area (TPSA) is 61.8 Å². The maximum absolute atomic E-state index is 4.27. The van der Waals surface area contributed by atoms with Gasteiger partial charge in [-0.1, -0.05) is 46.0 Å². The molecule has 0 aromatic carbocycles. The average Bonchev–Trinajstić information content (AvgIpc) is 3.36. The standard InChI is InChI=1S/C9H17N.C8H15N.C7H13N.C6H11N.C5H9N.CH4.Fe.GeH4.He/c1-10-9-7-5-3-2-4-6-8-9;1-9-8-6-4-2-3-5-7-8;1-8-7-5-3-2-4-6-7;1-7-6-4-2-3-5-6;1-6-5-3-2-4-5;;;;/h2-8H2,1H3;2-7H2,1H3;2-6H2,1H3;2-5H2,1H3;2-4H2,1H3;1H4;;1H4;. The normalized spacial score (nSPS) is 19.0. The molecule has 0 N–H and O–H groups in total. The van der Waals surface area contributed by atoms with Gasteiger partial charge in [0.25, 0.3) is 0 Å². The van der Waals surface area contributed by atoms with Crippen LogP contribution in [0.4, 0.5) is 0 Å². The van der Waals surface area contributed by atoms with E-state index in [1.165, 1.54) is 189 Å². The van der Waals surface area contributed by atoms with Crippen LogP contribution in [0.25, 0.3) is 0 Å². The summed E-state index contributed by atoms with van der Waals surface area (Å²) >= 11 is 0. The molecule has 0 radical (unpaired) electrons. The van der Waals surface area contributed by atoms with Crippen molar-refractivity contribution in [3.63, 3.8) is 0 Å². The van der Waals surface area contributed by atoms with Crippen molar-refractivity contribution in [1.82, 2.24) is 0 Å². The Morgan fingerprint density at radius 2 is 0.432 bits per heavy atom. The smallest absolute Gasteiger partial charge is 0 e. The monoisotopic (exact) mass is 709 g/mol. The number of rotatable bonds is 0. The number of nitrogens with zero attached hydrogens (tertiary/aromatic N) is 5. The van der Waals surface area contributed by atoms with Crippen LogP contribution in [-0.4, -0.2) is 81.4 Å². The van der Waals surface area contributed by atoms with Gasteiger partial charge in [-0.2, -0.15) is 0 Å². The first-order chi connectivity index (χ1) is 19.7. The van der Waals surface area contributed by atoms with E-state index in [0.717, 1.165) is 0 Å². The second kappa shape index (κ2) is 36.8. The van der Waals surface area contributed by atoms with Crippen molar-refractivity contribution < 1.29 is 23.2 Å². The zero-order valence-corrected chi connectivity index (χ0v) is 29.6. The fraction of sp³-hybridized carbons (Fsp3) is 0.861. The molecule has 0 spiro atoms. The van der Waals surface area contributed by atoms with Crippen LogP contribution in [0.15, 0.2) is 25.0 Å². The minimum absolute atomic E-state index is 0. The van der Waals surface area contributed by atoms with Crippen molar-refractivity contribution in [2.45, 2.75) is 168 Å². The summed E-state index contributed by atoms with van der Waals surface area (Å²) in [5.74, 6) is 0. The summed E-state index contributed by atoms with van der Waals surface area (Å²) in [6.45, 7) is 0. The molecule has 5 rings (SSSR count). The fourth-order valence-corrected chi connectivity index (χ4v) is 5.65. The van der Waals surface area contributed by atoms with Crippen LogP contribution in [0.2, 0.25) is 0 Å². The van der Waals surface area contributed by atoms with Gasteiger partial charge in [-0.3, -0.25) is 25.0 Å². The van der Waals surface area contributed by atoms with Crippen LogP contribution in [0, 0.1) is 6.15 Å². The molecule has 0 aromatic rings. The van der Waals surface area contributed by atoms with Crippen LogP contribution >= 0.6 is 0 Å². The Labute approximate surface area is 296 Å². The number of aliphatic imine (C=N–C) groups is 5. The first-order valence-corrected chi connectivity index (χ1v) is 16.9. The van der Waals surface area contributed by atoms with E-state index in [0.29, 0.717) is 0 Å². The van der Waals surface area contributed by atoms with Gasteiger partial charge in [0, 0.05) is 87.0 Å². The molecule has 5 fully saturated rings. The Hall–Kier alpha value is -0.679. The van der Waals surface area contributed by atoms with Crippen molar-refractivity contribution in [2.75, 3.05) is 35.2 Å². The third-order valence-electron chi connectivity index (χ3n) is 8.73. The molecule has 0 heterocycles. The summed E-state index contributed by atoms with van der Waals surface area (Å²) in [6, 6.07) is 0. The molecule has 5 saturated carbocycles. The Morgan fingerprint density at radius 3 is 0.591 bits per heavy atom. The first kappa shape index (κ1) is 50.2. The van der Waals surface area contributed by atoms with Crippen LogP contribution in [0.5, 0.6) is 0 Å². The van der Waals surface area contributed by atoms with Gasteiger partial charge in [-0.05, 0) is 122 Å². The van der Waals surface area contributed by atoms with Crippen LogP contribution < -0.4 is 0 Å². The number of hydrogen-bond donors (Lipinski definition) is 0. The van der Waals surface area contributed by atoms with Gasteiger partial charge in [0.2, 0.25) is 0 Å². The SMILES string of the molecule is C.CN=C1CCC1.CN=C1CCCC1.CN=C1CCCCC1.CN=C1CCCCCC1.CN=C1CCCCCCC1.[Fe].[GeH4].[He]. The van der Waals surface area contributed by atoms with Gasteiger partial charge in [-0.25, -0.2) is 0 Å². The molecule has 5 aliphatic rings. The van der Waals surface area contributed by atoms with E-state index >= 15 is 0 Å². The van der Waals surface area contributed by atoms with Crippen molar-refractivity contribution >= 4 is 46.2 Å². The quantitative estimate of drug-likeness (QED) is 0.178. The summed E-state index contributed by atoms with van der Waals surface area (Å²) in [6.07, 6.45) is 33.4. The molecule has 5 aliphatic carbocycles. The van der Waals surface area contributed by atoms with Crippen molar-refractivity contribution in [3.05, 3.63) is 0 Å². The predicted octanol–water partition coefficient (Wildman–Crippen LogP) is 9.29. The van der Waals surface area contributed by atoms with E-state index in [1.807, 2.05) is 35.2 Å². The van der Waals surface area contributed by atoms with E-state index in [-0.39, 0.29) is 48.2 Å². The van der Waals surface area contributed by atoms with E-state index in [4.69, 9.17) is 0 Å². The summed E-state index contributed by atoms with van der Waals surface area (Å²) in [7, 11) is 9.51. The van der Waals surface area contributed by atoms with Crippen molar-refractivity contribution in [1.29, 1.82) is 0 Å². The maximum Gasteiger partial charge on any atom is 0 e. The summed E-state index contributed by atoms with van der Waals surface area (Å²) in [4.78, 5) is 20.8. The molecule has 0 amide bonds. The average molecular weight is 708 g/mol. The third-order valence-corrected chi connectivity index (χ3v) is 8.73. The Morgan fingerprint density at radius 1 is 0.295 bits per heavy atom. The van der Waals surface area contributed by atoms with Gasteiger partial charge < -0.3 is 0 Å². The van der Waals surface area contributed by atoms with Crippen molar-refractivity contribution in [3.8, 4) is 0 Å². The molecule has 0 aromatic heterocycles. The van der Waals surface area contributed by atoms with Gasteiger partial charge >= 0.3 is 17.6 Å². The summed E-state index contributed by atoms with van der Waals surface area (Å²) in [5, 5.41) is 0. The Kier molecular flexibility index (Phi) is 42.0. The van der Waals surface area contributed by atoms with Gasteiger partial charge in [0.1, 0.15) is 0 Å². The second-order valence-electron chi connectivity index (χ2n) is 11.8. The van der Waals surface area contributed by atoms with Gasteiger partial charge in [0.05, 0.1) is 0 Å². The second-order valence-corrected chi connectivity index (χ2v) is 11.8. The molecule has 44 heavy (non-hydrogen) atoms. The molecule has 256 valence electrons. The Bertz CT molecular complexity index is 753. The molecule has 0 bridgehead atoms. The molecule has 5 nitrogen and oxygen atoms in total. The third kappa shape index (κ3) is 27.6. The van der Waals surface area contributed by atoms with Crippen LogP contribution in [-0.2, 0) is 17.1 Å². The summed E-state index contributed by atoms with van der Waals surface area (Å²) in [5.41, 5.74) is 7.12. The number of hydrogen-bond acceptors (Lipinski definition) is 5. The van der Waals surface area contributed by atoms with E-state index in [2.05, 4.69) is 25.0 Å². The predicted molar refractivity (Wildman–Crippen MR) is 200 cm³/mol. The molecule has 0 unspecified atom stereocenters. The van der Waals surface area contributed by atoms with E-state index in [1.54, 1.807) is 0 Å². The minimum Gasteiger partial charge on any atom is 0 e. The van der Waals surface area contributed by atoms with Crippen LogP contribution in [0.1, 0.15) is 168 Å². The van der Waals surface area contributed by atoms with E-state index < -0.39 is 0 Å². The fourth-order valence-electron chi connectivity index (χ4n) is 5.65. The van der Waals surface area contributed by atoms with Gasteiger partial charge in [-0.15, -0.1) is 0 Å². The maximum atomic E-state index is 4.27. The molecule has 0 atom stereocenters. The zero-order valence-electron chi connectivity index (χ0n) is 28.5. The molecular formula is C36H73FeGeHeN5. The van der Waals surface area contributed by atoms with Crippen molar-refractivity contribution in [2.24, 2.45) is 25.0 Å². The van der Waals surface area contributed by atoms with Crippen LogP contribution in [0.3, 0.4) is 0 Å². The first-order valence-electron chi connectivity index (χ1n) is 16.9. The molecule has 0 aliphatic heterocycles. The summed E-state index contributed by atoms with van der Waals surface area (Å²) < 4.78 is 0. The zero-order chi connectivity index (χ0) is 29.1. The van der Waals surface area contributed by atoms with E-state index in [9.17, 15) is 0 Å². The molecule has 8 heteroatoms. The van der Waals surface area contributed by atoms with Gasteiger partial charge in [0.15, 0.2) is 0 Å². The molecule has 0 saturated heterocycles. The molecular weight excluding hydrogens is 635 g/mol. The Balaban J connectivity index is -0.000000224. The minimum atomic E-state index is 0.